The van der Waals surface area contributed by atoms with E-state index in [-0.39, 0.29) is 30.8 Å². The second-order valence-electron chi connectivity index (χ2n) is 8.02. The second kappa shape index (κ2) is 8.76. The van der Waals surface area contributed by atoms with Gasteiger partial charge in [-0.1, -0.05) is 25.0 Å². The van der Waals surface area contributed by atoms with Crippen molar-refractivity contribution >= 4 is 50.8 Å². The first-order valence-electron chi connectivity index (χ1n) is 10.2. The van der Waals surface area contributed by atoms with Gasteiger partial charge in [0.1, 0.15) is 11.4 Å². The predicted octanol–water partition coefficient (Wildman–Crippen LogP) is 3.01. The second-order valence-corrected chi connectivity index (χ2v) is 8.94. The van der Waals surface area contributed by atoms with Crippen LogP contribution in [0.5, 0.6) is 0 Å². The summed E-state index contributed by atoms with van der Waals surface area (Å²) >= 11 is 3.30. The molecule has 3 amide bonds. The summed E-state index contributed by atoms with van der Waals surface area (Å²) in [6.07, 6.45) is 4.68. The van der Waals surface area contributed by atoms with Gasteiger partial charge in [-0.25, -0.2) is 4.98 Å². The Morgan fingerprint density at radius 2 is 1.94 bits per heavy atom. The molecule has 0 bridgehead atoms. The first kappa shape index (κ1) is 21.5. The van der Waals surface area contributed by atoms with Gasteiger partial charge in [-0.3, -0.25) is 24.2 Å². The Labute approximate surface area is 189 Å². The molecule has 1 aromatic carbocycles. The van der Waals surface area contributed by atoms with Crippen molar-refractivity contribution in [2.24, 2.45) is 0 Å². The first-order chi connectivity index (χ1) is 14.9. The average Bonchev–Trinajstić information content (AvgIpc) is 3.20. The maximum absolute atomic E-state index is 13.4. The standard InChI is InChI=1S/C22H24BrN5O3/c1-27(13-19(29)26-18-9-8-15(23)12-24-18)14-20(30)28-17-7-3-2-6-16(17)25-21(31)22(28)10-4-5-11-22/h2-3,6-9,12H,4-5,10-11,13-14H2,1H3,(H,25,31)(H,24,26,29). The number of likely N-dealkylation sites (N-methyl/N-ethyl adjacent to an activating group) is 1. The quantitative estimate of drug-likeness (QED) is 0.678. The number of nitrogens with one attached hydrogen (secondary N) is 2. The number of amides is 3. The predicted molar refractivity (Wildman–Crippen MR) is 122 cm³/mol. The highest BCUT2D eigenvalue weighted by molar-refractivity contribution is 9.10. The number of benzene rings is 1. The van der Waals surface area contributed by atoms with E-state index in [1.54, 1.807) is 41.2 Å². The molecule has 1 aromatic heterocycles. The van der Waals surface area contributed by atoms with Crippen LogP contribution in [0.3, 0.4) is 0 Å². The monoisotopic (exact) mass is 485 g/mol. The SMILES string of the molecule is CN(CC(=O)Nc1ccc(Br)cn1)CC(=O)N1c2ccccc2NC(=O)C12CCCC2. The number of fused-ring (bicyclic) bond motifs is 1. The lowest BCUT2D eigenvalue weighted by molar-refractivity contribution is -0.128. The summed E-state index contributed by atoms with van der Waals surface area (Å²) in [7, 11) is 1.71. The molecule has 1 aliphatic heterocycles. The van der Waals surface area contributed by atoms with Gasteiger partial charge in [0, 0.05) is 10.7 Å². The lowest BCUT2D eigenvalue weighted by atomic mass is 9.89. The van der Waals surface area contributed by atoms with Gasteiger partial charge in [0.05, 0.1) is 24.5 Å². The number of para-hydroxylation sites is 2. The molecule has 8 nitrogen and oxygen atoms in total. The van der Waals surface area contributed by atoms with Gasteiger partial charge in [-0.15, -0.1) is 0 Å². The van der Waals surface area contributed by atoms with E-state index in [1.165, 1.54) is 0 Å². The smallest absolute Gasteiger partial charge is 0.250 e. The molecule has 4 rings (SSSR count). The van der Waals surface area contributed by atoms with Gasteiger partial charge < -0.3 is 10.6 Å². The third kappa shape index (κ3) is 4.33. The van der Waals surface area contributed by atoms with Crippen molar-refractivity contribution < 1.29 is 14.4 Å². The van der Waals surface area contributed by atoms with E-state index >= 15 is 0 Å². The number of carbonyl (C=O) groups excluding carboxylic acids is 3. The third-order valence-corrected chi connectivity index (χ3v) is 6.21. The minimum Gasteiger partial charge on any atom is -0.322 e. The molecule has 162 valence electrons. The van der Waals surface area contributed by atoms with Crippen molar-refractivity contribution in [1.29, 1.82) is 0 Å². The van der Waals surface area contributed by atoms with Crippen LogP contribution in [0.1, 0.15) is 25.7 Å². The molecule has 1 saturated carbocycles. The number of hydrogen-bond donors (Lipinski definition) is 2. The van der Waals surface area contributed by atoms with Crippen LogP contribution in [-0.4, -0.2) is 53.3 Å². The summed E-state index contributed by atoms with van der Waals surface area (Å²) in [6, 6.07) is 10.8. The van der Waals surface area contributed by atoms with Crippen LogP contribution in [0, 0.1) is 0 Å². The lowest BCUT2D eigenvalue weighted by Gasteiger charge is -2.44. The van der Waals surface area contributed by atoms with Crippen LogP contribution in [-0.2, 0) is 14.4 Å². The zero-order valence-corrected chi connectivity index (χ0v) is 18.8. The molecule has 9 heteroatoms. The number of carbonyl (C=O) groups is 3. The lowest BCUT2D eigenvalue weighted by Crippen LogP contribution is -2.62. The zero-order valence-electron chi connectivity index (χ0n) is 17.2. The number of rotatable bonds is 5. The van der Waals surface area contributed by atoms with Gasteiger partial charge >= 0.3 is 0 Å². The molecule has 2 aromatic rings. The Morgan fingerprint density at radius 1 is 1.19 bits per heavy atom. The maximum atomic E-state index is 13.4. The molecular weight excluding hydrogens is 462 g/mol. The van der Waals surface area contributed by atoms with E-state index in [4.69, 9.17) is 0 Å². The fraction of sp³-hybridized carbons (Fsp3) is 0.364. The molecule has 0 radical (unpaired) electrons. The molecule has 0 atom stereocenters. The minimum absolute atomic E-state index is 0.0184. The maximum Gasteiger partial charge on any atom is 0.250 e. The highest BCUT2D eigenvalue weighted by Gasteiger charge is 2.52. The Balaban J connectivity index is 1.47. The van der Waals surface area contributed by atoms with Gasteiger partial charge in [-0.05, 0) is 60.1 Å². The number of anilines is 3. The van der Waals surface area contributed by atoms with Crippen molar-refractivity contribution in [1.82, 2.24) is 9.88 Å². The molecule has 0 unspecified atom stereocenters. The number of pyridine rings is 1. The minimum atomic E-state index is -0.851. The Kier molecular flexibility index (Phi) is 6.06. The molecule has 0 saturated heterocycles. The van der Waals surface area contributed by atoms with Crippen molar-refractivity contribution in [3.63, 3.8) is 0 Å². The highest BCUT2D eigenvalue weighted by Crippen LogP contribution is 2.45. The number of hydrogen-bond acceptors (Lipinski definition) is 5. The summed E-state index contributed by atoms with van der Waals surface area (Å²) < 4.78 is 0.819. The number of nitrogens with zero attached hydrogens (tertiary/aromatic N) is 3. The van der Waals surface area contributed by atoms with E-state index in [1.807, 2.05) is 18.2 Å². The molecule has 31 heavy (non-hydrogen) atoms. The topological polar surface area (TPSA) is 94.6 Å². The summed E-state index contributed by atoms with van der Waals surface area (Å²) in [6.45, 7) is 0.0444. The van der Waals surface area contributed by atoms with Gasteiger partial charge in [0.25, 0.3) is 5.91 Å². The van der Waals surface area contributed by atoms with E-state index in [2.05, 4.69) is 31.5 Å². The molecule has 2 heterocycles. The van der Waals surface area contributed by atoms with Crippen LogP contribution in [0.15, 0.2) is 47.1 Å². The molecule has 2 aliphatic rings. The van der Waals surface area contributed by atoms with Crippen LogP contribution in [0.2, 0.25) is 0 Å². The van der Waals surface area contributed by atoms with Crippen molar-refractivity contribution in [3.05, 3.63) is 47.1 Å². The summed E-state index contributed by atoms with van der Waals surface area (Å²) in [5.41, 5.74) is 0.501. The third-order valence-electron chi connectivity index (χ3n) is 5.74. The number of aromatic nitrogens is 1. The van der Waals surface area contributed by atoms with Crippen LogP contribution >= 0.6 is 15.9 Å². The van der Waals surface area contributed by atoms with Gasteiger partial charge in [-0.2, -0.15) is 0 Å². The summed E-state index contributed by atoms with van der Waals surface area (Å²) in [5, 5.41) is 5.70. The Hall–Kier alpha value is -2.78. The summed E-state index contributed by atoms with van der Waals surface area (Å²) in [5.74, 6) is -0.142. The molecule has 1 fully saturated rings. The molecule has 2 N–H and O–H groups in total. The molecule has 1 spiro atoms. The van der Waals surface area contributed by atoms with Crippen molar-refractivity contribution in [2.75, 3.05) is 35.7 Å². The van der Waals surface area contributed by atoms with E-state index in [0.717, 1.165) is 17.3 Å². The summed E-state index contributed by atoms with van der Waals surface area (Å²) in [4.78, 5) is 46.2. The number of halogens is 1. The highest BCUT2D eigenvalue weighted by atomic mass is 79.9. The van der Waals surface area contributed by atoms with Crippen LogP contribution in [0.4, 0.5) is 17.2 Å². The normalized spacial score (nSPS) is 16.9. The first-order valence-corrected chi connectivity index (χ1v) is 11.0. The van der Waals surface area contributed by atoms with E-state index in [0.29, 0.717) is 30.0 Å². The van der Waals surface area contributed by atoms with Crippen molar-refractivity contribution in [3.8, 4) is 0 Å². The molecule has 1 aliphatic carbocycles. The zero-order chi connectivity index (χ0) is 22.0. The Morgan fingerprint density at radius 3 is 2.65 bits per heavy atom. The van der Waals surface area contributed by atoms with E-state index in [9.17, 15) is 14.4 Å². The fourth-order valence-corrected chi connectivity index (χ4v) is 4.60. The van der Waals surface area contributed by atoms with Crippen LogP contribution in [0.25, 0.3) is 0 Å². The Bertz CT molecular complexity index is 1000. The largest absolute Gasteiger partial charge is 0.322 e. The van der Waals surface area contributed by atoms with Crippen molar-refractivity contribution in [2.45, 2.75) is 31.2 Å². The average molecular weight is 486 g/mol. The van der Waals surface area contributed by atoms with Crippen LogP contribution < -0.4 is 15.5 Å². The van der Waals surface area contributed by atoms with Gasteiger partial charge in [0.15, 0.2) is 0 Å². The fourth-order valence-electron chi connectivity index (χ4n) is 4.36. The molecular formula is C22H24BrN5O3. The van der Waals surface area contributed by atoms with Gasteiger partial charge in [0.2, 0.25) is 11.8 Å². The van der Waals surface area contributed by atoms with E-state index < -0.39 is 5.54 Å².